The van der Waals surface area contributed by atoms with Gasteiger partial charge in [0.2, 0.25) is 0 Å². The molecule has 2 rings (SSSR count). The summed E-state index contributed by atoms with van der Waals surface area (Å²) in [5, 5.41) is 7.37. The van der Waals surface area contributed by atoms with Gasteiger partial charge in [0.05, 0.1) is 0 Å². The van der Waals surface area contributed by atoms with Gasteiger partial charge in [-0.15, -0.1) is 0 Å². The van der Waals surface area contributed by atoms with Crippen molar-refractivity contribution < 1.29 is 0 Å². The number of H-pyrrole nitrogens is 1. The van der Waals surface area contributed by atoms with Crippen molar-refractivity contribution in [2.75, 3.05) is 5.73 Å². The number of nitrogens with two attached hydrogens (primary N) is 1. The fourth-order valence-corrected chi connectivity index (χ4v) is 1.87. The number of rotatable bonds is 3. The average molecular weight is 206 g/mol. The number of nitrogen functional groups attached to an aromatic ring is 1. The molecule has 72 valence electrons. The Morgan fingerprint density at radius 2 is 2.21 bits per heavy atom. The van der Waals surface area contributed by atoms with Gasteiger partial charge in [-0.3, -0.25) is 5.10 Å². The molecule has 1 aromatic carbocycles. The van der Waals surface area contributed by atoms with Gasteiger partial charge >= 0.3 is 0 Å². The molecule has 1 heterocycles. The molecule has 2 aromatic rings. The van der Waals surface area contributed by atoms with E-state index in [2.05, 4.69) is 15.2 Å². The summed E-state index contributed by atoms with van der Waals surface area (Å²) >= 11 is 1.59. The third-order valence-corrected chi connectivity index (χ3v) is 2.74. The fraction of sp³-hybridized carbons (Fsp3) is 0.111. The zero-order chi connectivity index (χ0) is 9.80. The van der Waals surface area contributed by atoms with Crippen molar-refractivity contribution >= 4 is 17.4 Å². The van der Waals surface area contributed by atoms with E-state index in [9.17, 15) is 0 Å². The Morgan fingerprint density at radius 1 is 1.36 bits per heavy atom. The van der Waals surface area contributed by atoms with Gasteiger partial charge in [-0.25, -0.2) is 4.98 Å². The zero-order valence-electron chi connectivity index (χ0n) is 7.47. The monoisotopic (exact) mass is 206 g/mol. The van der Waals surface area contributed by atoms with Crippen LogP contribution in [0.2, 0.25) is 0 Å². The van der Waals surface area contributed by atoms with E-state index in [4.69, 9.17) is 5.73 Å². The molecule has 0 amide bonds. The second-order valence-corrected chi connectivity index (χ2v) is 3.74. The van der Waals surface area contributed by atoms with Crippen LogP contribution in [0, 0.1) is 0 Å². The number of para-hydroxylation sites is 1. The van der Waals surface area contributed by atoms with Crippen molar-refractivity contribution in [3.63, 3.8) is 0 Å². The van der Waals surface area contributed by atoms with Crippen LogP contribution in [0.5, 0.6) is 0 Å². The number of hydrogen-bond acceptors (Lipinski definition) is 4. The highest BCUT2D eigenvalue weighted by Gasteiger charge is 2.00. The first-order valence-electron chi connectivity index (χ1n) is 4.18. The van der Waals surface area contributed by atoms with Crippen LogP contribution in [0.25, 0.3) is 0 Å². The van der Waals surface area contributed by atoms with Gasteiger partial charge in [0, 0.05) is 11.4 Å². The lowest BCUT2D eigenvalue weighted by Crippen LogP contribution is -1.91. The van der Waals surface area contributed by atoms with Crippen LogP contribution in [0.1, 0.15) is 5.56 Å². The summed E-state index contributed by atoms with van der Waals surface area (Å²) in [7, 11) is 0. The van der Waals surface area contributed by atoms with Gasteiger partial charge in [-0.05, 0) is 11.6 Å². The Balaban J connectivity index is 2.02. The van der Waals surface area contributed by atoms with Gasteiger partial charge < -0.3 is 5.73 Å². The summed E-state index contributed by atoms with van der Waals surface area (Å²) in [6.45, 7) is 0. The molecule has 4 nitrogen and oxygen atoms in total. The van der Waals surface area contributed by atoms with Crippen LogP contribution in [-0.2, 0) is 5.75 Å². The summed E-state index contributed by atoms with van der Waals surface area (Å²) in [6, 6.07) is 7.82. The number of nitrogens with zero attached hydrogens (tertiary/aromatic N) is 2. The van der Waals surface area contributed by atoms with Crippen LogP contribution >= 0.6 is 11.8 Å². The zero-order valence-corrected chi connectivity index (χ0v) is 8.29. The maximum absolute atomic E-state index is 5.80. The van der Waals surface area contributed by atoms with Crippen LogP contribution in [0.15, 0.2) is 35.7 Å². The lowest BCUT2D eigenvalue weighted by molar-refractivity contribution is 0.973. The molecule has 5 heteroatoms. The van der Waals surface area contributed by atoms with Gasteiger partial charge in [-0.2, -0.15) is 5.10 Å². The van der Waals surface area contributed by atoms with E-state index in [0.29, 0.717) is 0 Å². The first kappa shape index (κ1) is 9.08. The topological polar surface area (TPSA) is 67.6 Å². The highest BCUT2D eigenvalue weighted by molar-refractivity contribution is 7.98. The number of nitrogens with one attached hydrogen (secondary N) is 1. The third-order valence-electron chi connectivity index (χ3n) is 1.81. The summed E-state index contributed by atoms with van der Waals surface area (Å²) in [4.78, 5) is 4.02. The van der Waals surface area contributed by atoms with Crippen molar-refractivity contribution in [2.24, 2.45) is 0 Å². The number of aromatic amines is 1. The van der Waals surface area contributed by atoms with E-state index in [1.165, 1.54) is 6.33 Å². The van der Waals surface area contributed by atoms with Gasteiger partial charge in [0.25, 0.3) is 0 Å². The minimum absolute atomic E-state index is 0.807. The van der Waals surface area contributed by atoms with Crippen LogP contribution in [-0.4, -0.2) is 15.2 Å². The van der Waals surface area contributed by atoms with Gasteiger partial charge in [0.1, 0.15) is 6.33 Å². The van der Waals surface area contributed by atoms with Gasteiger partial charge in [-0.1, -0.05) is 30.0 Å². The van der Waals surface area contributed by atoms with E-state index in [0.717, 1.165) is 22.2 Å². The molecule has 0 atom stereocenters. The summed E-state index contributed by atoms with van der Waals surface area (Å²) in [5.41, 5.74) is 7.74. The SMILES string of the molecule is Nc1ccccc1CSc1ncn[nH]1. The molecule has 0 saturated heterocycles. The minimum atomic E-state index is 0.807. The van der Waals surface area contributed by atoms with Crippen LogP contribution < -0.4 is 5.73 Å². The molecule has 0 fully saturated rings. The van der Waals surface area contributed by atoms with Gasteiger partial charge in [0.15, 0.2) is 5.16 Å². The number of aromatic nitrogens is 3. The molecular formula is C9H10N4S. The molecule has 0 radical (unpaired) electrons. The van der Waals surface area contributed by atoms with Crippen molar-refractivity contribution in [3.8, 4) is 0 Å². The Hall–Kier alpha value is -1.49. The van der Waals surface area contributed by atoms with E-state index in [1.807, 2.05) is 24.3 Å². The normalized spacial score (nSPS) is 10.3. The van der Waals surface area contributed by atoms with E-state index < -0.39 is 0 Å². The molecular weight excluding hydrogens is 196 g/mol. The van der Waals surface area contributed by atoms with E-state index >= 15 is 0 Å². The minimum Gasteiger partial charge on any atom is -0.398 e. The number of hydrogen-bond donors (Lipinski definition) is 2. The fourth-order valence-electron chi connectivity index (χ4n) is 1.08. The summed E-state index contributed by atoms with van der Waals surface area (Å²) in [6.07, 6.45) is 1.50. The number of thioether (sulfide) groups is 1. The maximum atomic E-state index is 5.80. The highest BCUT2D eigenvalue weighted by atomic mass is 32.2. The molecule has 14 heavy (non-hydrogen) atoms. The van der Waals surface area contributed by atoms with Crippen molar-refractivity contribution in [3.05, 3.63) is 36.2 Å². The average Bonchev–Trinajstić information content (AvgIpc) is 2.69. The molecule has 0 spiro atoms. The molecule has 0 saturated carbocycles. The maximum Gasteiger partial charge on any atom is 0.183 e. The molecule has 0 bridgehead atoms. The molecule has 0 aliphatic heterocycles. The van der Waals surface area contributed by atoms with Crippen LogP contribution in [0.3, 0.4) is 0 Å². The lowest BCUT2D eigenvalue weighted by atomic mass is 10.2. The Kier molecular flexibility index (Phi) is 2.69. The Bertz CT molecular complexity index is 399. The Labute approximate surface area is 85.9 Å². The first-order valence-corrected chi connectivity index (χ1v) is 5.16. The quantitative estimate of drug-likeness (QED) is 0.592. The molecule has 0 unspecified atom stereocenters. The van der Waals surface area contributed by atoms with E-state index in [-0.39, 0.29) is 0 Å². The summed E-state index contributed by atoms with van der Waals surface area (Å²) < 4.78 is 0. The second kappa shape index (κ2) is 4.15. The number of benzene rings is 1. The smallest absolute Gasteiger partial charge is 0.183 e. The predicted molar refractivity (Wildman–Crippen MR) is 56.8 cm³/mol. The van der Waals surface area contributed by atoms with Crippen molar-refractivity contribution in [2.45, 2.75) is 10.9 Å². The van der Waals surface area contributed by atoms with Crippen molar-refractivity contribution in [1.82, 2.24) is 15.2 Å². The molecule has 0 aliphatic carbocycles. The molecule has 3 N–H and O–H groups in total. The predicted octanol–water partition coefficient (Wildman–Crippen LogP) is 1.68. The summed E-state index contributed by atoms with van der Waals surface area (Å²) in [5.74, 6) is 0.807. The standard InChI is InChI=1S/C9H10N4S/c10-8-4-2-1-3-7(8)5-14-9-11-6-12-13-9/h1-4,6H,5,10H2,(H,11,12,13). The van der Waals surface area contributed by atoms with Crippen LogP contribution in [0.4, 0.5) is 5.69 Å². The van der Waals surface area contributed by atoms with E-state index in [1.54, 1.807) is 11.8 Å². The third kappa shape index (κ3) is 2.05. The second-order valence-electron chi connectivity index (χ2n) is 2.78. The number of anilines is 1. The Morgan fingerprint density at radius 3 is 2.93 bits per heavy atom. The molecule has 0 aliphatic rings. The molecule has 1 aromatic heterocycles. The largest absolute Gasteiger partial charge is 0.398 e. The lowest BCUT2D eigenvalue weighted by Gasteiger charge is -2.02. The first-order chi connectivity index (χ1) is 6.86. The van der Waals surface area contributed by atoms with Crippen molar-refractivity contribution in [1.29, 1.82) is 0 Å². The highest BCUT2D eigenvalue weighted by Crippen LogP contribution is 2.21.